The highest BCUT2D eigenvalue weighted by Gasteiger charge is 2.50. The minimum atomic E-state index is -1.18. The summed E-state index contributed by atoms with van der Waals surface area (Å²) in [5.74, 6) is -0.274. The van der Waals surface area contributed by atoms with E-state index in [2.05, 4.69) is 41.6 Å². The van der Waals surface area contributed by atoms with Crippen LogP contribution in [-0.4, -0.2) is 39.9 Å². The Labute approximate surface area is 214 Å². The van der Waals surface area contributed by atoms with Crippen LogP contribution in [0.1, 0.15) is 41.5 Å². The summed E-state index contributed by atoms with van der Waals surface area (Å²) in [5.41, 5.74) is 3.50. The molecule has 1 unspecified atom stereocenters. The monoisotopic (exact) mass is 511 g/mol. The van der Waals surface area contributed by atoms with Crippen LogP contribution >= 0.6 is 0 Å². The topological polar surface area (TPSA) is 146 Å². The highest BCUT2D eigenvalue weighted by Crippen LogP contribution is 2.45. The van der Waals surface area contributed by atoms with Crippen molar-refractivity contribution in [3.63, 3.8) is 0 Å². The maximum absolute atomic E-state index is 13.4. The van der Waals surface area contributed by atoms with Crippen LogP contribution in [0.5, 0.6) is 0 Å². The lowest BCUT2D eigenvalue weighted by molar-refractivity contribution is 0.284. The van der Waals surface area contributed by atoms with Crippen molar-refractivity contribution in [2.45, 2.75) is 31.5 Å². The van der Waals surface area contributed by atoms with Gasteiger partial charge in [-0.1, -0.05) is 18.2 Å². The molecule has 6 aromatic rings. The largest absolute Gasteiger partial charge is 0.434 e. The van der Waals surface area contributed by atoms with E-state index in [1.54, 1.807) is 23.1 Å². The van der Waals surface area contributed by atoms with Crippen molar-refractivity contribution in [2.75, 3.05) is 0 Å². The summed E-state index contributed by atoms with van der Waals surface area (Å²) >= 11 is 0. The third-order valence-corrected chi connectivity index (χ3v) is 7.05. The number of hydrogen-bond acceptors (Lipinski definition) is 7. The van der Waals surface area contributed by atoms with Crippen molar-refractivity contribution in [3.05, 3.63) is 106 Å². The maximum Gasteiger partial charge on any atom is 0.434 e. The second-order valence-corrected chi connectivity index (χ2v) is 9.21. The van der Waals surface area contributed by atoms with Crippen LogP contribution in [0.15, 0.2) is 70.4 Å². The molecule has 1 aliphatic heterocycles. The zero-order chi connectivity index (χ0) is 25.9. The molecule has 0 bridgehead atoms. The predicted molar refractivity (Wildman–Crippen MR) is 135 cm³/mol. The number of hydrogen-bond donors (Lipinski definition) is 4. The van der Waals surface area contributed by atoms with Crippen LogP contribution in [0.4, 0.5) is 4.39 Å². The lowest BCUT2D eigenvalue weighted by atomic mass is 9.79. The van der Waals surface area contributed by atoms with Crippen LogP contribution in [0.25, 0.3) is 22.3 Å². The maximum atomic E-state index is 13.4. The summed E-state index contributed by atoms with van der Waals surface area (Å²) in [5, 5.41) is 15.9. The quantitative estimate of drug-likeness (QED) is 0.278. The van der Waals surface area contributed by atoms with Crippen molar-refractivity contribution in [3.8, 4) is 11.4 Å². The molecule has 4 N–H and O–H groups in total. The van der Waals surface area contributed by atoms with Crippen LogP contribution in [0.2, 0.25) is 0 Å². The first-order valence-corrected chi connectivity index (χ1v) is 12.2. The van der Waals surface area contributed by atoms with Crippen LogP contribution in [0, 0.1) is 5.82 Å². The van der Waals surface area contributed by atoms with Gasteiger partial charge in [0, 0.05) is 35.4 Å². The molecule has 1 aromatic carbocycles. The molecule has 11 nitrogen and oxygen atoms in total. The summed E-state index contributed by atoms with van der Waals surface area (Å²) in [6.07, 6.45) is 7.15. The van der Waals surface area contributed by atoms with Crippen LogP contribution in [0.3, 0.4) is 0 Å². The molecule has 38 heavy (non-hydrogen) atoms. The minimum absolute atomic E-state index is 0.155. The average Bonchev–Trinajstić information content (AvgIpc) is 3.74. The number of pyridine rings is 1. The number of H-pyrrole nitrogens is 3. The van der Waals surface area contributed by atoms with Gasteiger partial charge in [0.05, 0.1) is 29.8 Å². The zero-order valence-electron chi connectivity index (χ0n) is 20.2. The average molecular weight is 512 g/mol. The molecule has 7 rings (SSSR count). The molecule has 12 heteroatoms. The van der Waals surface area contributed by atoms with Gasteiger partial charge in [0.1, 0.15) is 17.3 Å². The Hall–Kier alpha value is -4.84. The second-order valence-electron chi connectivity index (χ2n) is 9.21. The second kappa shape index (κ2) is 8.35. The van der Waals surface area contributed by atoms with E-state index in [0.29, 0.717) is 30.2 Å². The number of halogens is 1. The van der Waals surface area contributed by atoms with Gasteiger partial charge < -0.3 is 14.4 Å². The van der Waals surface area contributed by atoms with Gasteiger partial charge in [-0.3, -0.25) is 15.0 Å². The molecular formula is C26H22FN9O2. The number of aromatic nitrogens is 8. The van der Waals surface area contributed by atoms with Gasteiger partial charge >= 0.3 is 5.76 Å². The Morgan fingerprint density at radius 3 is 2.84 bits per heavy atom. The van der Waals surface area contributed by atoms with E-state index in [9.17, 15) is 9.18 Å². The Kier molecular flexibility index (Phi) is 4.91. The molecule has 0 saturated heterocycles. The summed E-state index contributed by atoms with van der Waals surface area (Å²) in [4.78, 5) is 28.0. The molecule has 0 spiro atoms. The predicted octanol–water partition coefficient (Wildman–Crippen LogP) is 3.16. The van der Waals surface area contributed by atoms with Crippen molar-refractivity contribution in [1.82, 2.24) is 45.2 Å². The van der Waals surface area contributed by atoms with E-state index >= 15 is 0 Å². The highest BCUT2D eigenvalue weighted by molar-refractivity contribution is 5.86. The van der Waals surface area contributed by atoms with Gasteiger partial charge in [0.2, 0.25) is 5.89 Å². The normalized spacial score (nSPS) is 19.2. The Morgan fingerprint density at radius 1 is 1.18 bits per heavy atom. The zero-order valence-corrected chi connectivity index (χ0v) is 20.2. The highest BCUT2D eigenvalue weighted by atomic mass is 19.1. The SMILES string of the molecule is CCn1cc(C2(c3n[nH]c(=O)o3)N[C@@H](c3nc(-c4ccc(F)cn4)c[nH]3)Cc3c2[nH]c2ccccc32)cn1. The number of nitrogens with zero attached hydrogens (tertiary/aromatic N) is 5. The number of rotatable bonds is 5. The van der Waals surface area contributed by atoms with Crippen molar-refractivity contribution >= 4 is 10.9 Å². The first-order chi connectivity index (χ1) is 18.5. The summed E-state index contributed by atoms with van der Waals surface area (Å²) < 4.78 is 20.9. The van der Waals surface area contributed by atoms with Crippen LogP contribution in [-0.2, 0) is 18.5 Å². The number of aromatic amines is 3. The number of nitrogens with one attached hydrogen (secondary N) is 4. The number of para-hydroxylation sites is 1. The number of fused-ring (bicyclic) bond motifs is 3. The standard InChI is InChI=1S/C26H22FN9O2/c1-2-36-13-14(10-30-36)26(24-34-35-25(37)38-24)22-17(16-5-3-4-6-18(16)31-22)9-20(33-26)23-29-12-21(32-23)19-8-7-15(27)11-28-19/h3-8,10-13,20,31,33H,2,9H2,1H3,(H,29,32)(H,35,37)/t20-,26?/m1/s1. The van der Waals surface area contributed by atoms with E-state index in [4.69, 9.17) is 9.40 Å². The van der Waals surface area contributed by atoms with Gasteiger partial charge in [-0.2, -0.15) is 5.10 Å². The Bertz CT molecular complexity index is 1830. The van der Waals surface area contributed by atoms with Crippen molar-refractivity contribution in [1.29, 1.82) is 0 Å². The van der Waals surface area contributed by atoms with Crippen molar-refractivity contribution in [2.24, 2.45) is 0 Å². The summed E-state index contributed by atoms with van der Waals surface area (Å²) in [6, 6.07) is 10.6. The third-order valence-electron chi connectivity index (χ3n) is 7.05. The smallest absolute Gasteiger partial charge is 0.390 e. The van der Waals surface area contributed by atoms with Crippen molar-refractivity contribution < 1.29 is 8.81 Å². The summed E-state index contributed by atoms with van der Waals surface area (Å²) in [6.45, 7) is 2.66. The molecule has 1 aliphatic rings. The Balaban J connectivity index is 1.44. The molecule has 6 heterocycles. The molecule has 0 amide bonds. The van der Waals surface area contributed by atoms with E-state index in [-0.39, 0.29) is 11.9 Å². The molecule has 0 radical (unpaired) electrons. The fourth-order valence-corrected chi connectivity index (χ4v) is 5.30. The fourth-order valence-electron chi connectivity index (χ4n) is 5.30. The van der Waals surface area contributed by atoms with E-state index in [1.165, 1.54) is 6.07 Å². The lowest BCUT2D eigenvalue weighted by Gasteiger charge is -2.38. The number of benzene rings is 1. The van der Waals surface area contributed by atoms with E-state index in [1.807, 2.05) is 31.3 Å². The first-order valence-electron chi connectivity index (χ1n) is 12.2. The van der Waals surface area contributed by atoms with Crippen LogP contribution < -0.4 is 11.1 Å². The minimum Gasteiger partial charge on any atom is -0.390 e. The van der Waals surface area contributed by atoms with Gasteiger partial charge in [0.15, 0.2) is 5.54 Å². The fraction of sp³-hybridized carbons (Fsp3) is 0.192. The van der Waals surface area contributed by atoms with Gasteiger partial charge in [-0.15, -0.1) is 5.10 Å². The number of aryl methyl sites for hydroxylation is 1. The molecule has 0 saturated carbocycles. The molecule has 2 atom stereocenters. The molecule has 0 aliphatic carbocycles. The van der Waals surface area contributed by atoms with E-state index < -0.39 is 17.1 Å². The number of imidazole rings is 1. The van der Waals surface area contributed by atoms with Gasteiger partial charge in [-0.05, 0) is 37.1 Å². The summed E-state index contributed by atoms with van der Waals surface area (Å²) in [7, 11) is 0. The molecule has 190 valence electrons. The van der Waals surface area contributed by atoms with E-state index in [0.717, 1.165) is 33.9 Å². The third kappa shape index (κ3) is 3.34. The van der Waals surface area contributed by atoms with Gasteiger partial charge in [0.25, 0.3) is 0 Å². The molecule has 0 fully saturated rings. The lowest BCUT2D eigenvalue weighted by Crippen LogP contribution is -2.51. The first kappa shape index (κ1) is 22.4. The Morgan fingerprint density at radius 2 is 2.08 bits per heavy atom. The molecular weight excluding hydrogens is 489 g/mol. The van der Waals surface area contributed by atoms with Gasteiger partial charge in [-0.25, -0.2) is 19.3 Å². The molecule has 5 aromatic heterocycles.